The number of rotatable bonds is 4. The van der Waals surface area contributed by atoms with E-state index in [2.05, 4.69) is 14.3 Å². The van der Waals surface area contributed by atoms with Gasteiger partial charge in [-0.05, 0) is 0 Å². The lowest BCUT2D eigenvalue weighted by atomic mass is 10.4. The molecule has 0 aliphatic carbocycles. The highest BCUT2D eigenvalue weighted by atomic mass is 31.2. The summed E-state index contributed by atoms with van der Waals surface area (Å²) in [7, 11) is -4.50. The fraction of sp³-hybridized carbons (Fsp3) is 1.00. The summed E-state index contributed by atoms with van der Waals surface area (Å²) in [6.45, 7) is -0.519. The number of hydrogen-bond donors (Lipinski definition) is 3. The van der Waals surface area contributed by atoms with Crippen molar-refractivity contribution in [2.45, 2.75) is 12.4 Å². The van der Waals surface area contributed by atoms with Crippen molar-refractivity contribution >= 4 is 7.82 Å². The number of phosphoric acid groups is 1. The highest BCUT2D eigenvalue weighted by Gasteiger charge is 2.36. The number of aliphatic hydroxyl groups excluding tert-OH is 1. The molecular weight excluding hydrogens is 179 g/mol. The van der Waals surface area contributed by atoms with Gasteiger partial charge in [0.15, 0.2) is 0 Å². The van der Waals surface area contributed by atoms with Crippen LogP contribution in [-0.4, -0.2) is 33.9 Å². The Balaban J connectivity index is 2.15. The molecule has 1 aliphatic heterocycles. The van der Waals surface area contributed by atoms with Crippen LogP contribution in [0.5, 0.6) is 0 Å². The largest absolute Gasteiger partial charge is 0.469 e. The van der Waals surface area contributed by atoms with Crippen molar-refractivity contribution < 1.29 is 33.8 Å². The van der Waals surface area contributed by atoms with E-state index in [1.165, 1.54) is 0 Å². The van der Waals surface area contributed by atoms with Gasteiger partial charge in [0.1, 0.15) is 6.10 Å². The minimum atomic E-state index is -4.50. The van der Waals surface area contributed by atoms with Gasteiger partial charge in [-0.2, -0.15) is 9.78 Å². The van der Waals surface area contributed by atoms with E-state index >= 15 is 0 Å². The molecule has 0 unspecified atom stereocenters. The zero-order chi connectivity index (χ0) is 8.48. The van der Waals surface area contributed by atoms with Crippen LogP contribution < -0.4 is 0 Å². The minimum absolute atomic E-state index is 0.519. The van der Waals surface area contributed by atoms with Crippen molar-refractivity contribution in [2.24, 2.45) is 0 Å². The van der Waals surface area contributed by atoms with E-state index in [0.717, 1.165) is 0 Å². The molecule has 0 spiro atoms. The smallest absolute Gasteiger partial charge is 0.385 e. The van der Waals surface area contributed by atoms with Crippen molar-refractivity contribution in [3.63, 3.8) is 0 Å². The standard InChI is InChI=1S/C3H7O7P/c4-2(3-9-10-3)1-8-11(5,6)7/h2-4H,1H2,(H2,5,6,7)/t2-/m0/s1. The second-order valence-corrected chi connectivity index (χ2v) is 3.15. The van der Waals surface area contributed by atoms with E-state index in [9.17, 15) is 4.57 Å². The van der Waals surface area contributed by atoms with E-state index in [0.29, 0.717) is 0 Å². The molecule has 7 nitrogen and oxygen atoms in total. The van der Waals surface area contributed by atoms with Crippen LogP contribution >= 0.6 is 7.82 Å². The molecule has 0 aromatic rings. The van der Waals surface area contributed by atoms with Gasteiger partial charge in [-0.25, -0.2) is 4.57 Å². The Kier molecular flexibility index (Phi) is 2.61. The second-order valence-electron chi connectivity index (χ2n) is 1.91. The monoisotopic (exact) mass is 186 g/mol. The lowest BCUT2D eigenvalue weighted by molar-refractivity contribution is 0.0638. The minimum Gasteiger partial charge on any atom is -0.385 e. The molecule has 1 rings (SSSR count). The normalized spacial score (nSPS) is 21.7. The lowest BCUT2D eigenvalue weighted by Gasteiger charge is -2.06. The maximum absolute atomic E-state index is 10.1. The number of hydrogen-bond acceptors (Lipinski definition) is 5. The fourth-order valence-electron chi connectivity index (χ4n) is 0.412. The van der Waals surface area contributed by atoms with Gasteiger partial charge in [0.25, 0.3) is 6.29 Å². The third-order valence-electron chi connectivity index (χ3n) is 0.935. The first-order valence-corrected chi connectivity index (χ1v) is 4.22. The summed E-state index contributed by atoms with van der Waals surface area (Å²) in [5, 5.41) is 8.83. The van der Waals surface area contributed by atoms with Crippen LogP contribution in [0, 0.1) is 0 Å². The van der Waals surface area contributed by atoms with Crippen molar-refractivity contribution in [2.75, 3.05) is 6.61 Å². The quantitative estimate of drug-likeness (QED) is 0.285. The van der Waals surface area contributed by atoms with E-state index in [1.54, 1.807) is 0 Å². The van der Waals surface area contributed by atoms with E-state index in [-0.39, 0.29) is 0 Å². The molecule has 1 heterocycles. The molecule has 11 heavy (non-hydrogen) atoms. The Bertz CT molecular complexity index is 171. The van der Waals surface area contributed by atoms with Gasteiger partial charge in [0.2, 0.25) is 0 Å². The van der Waals surface area contributed by atoms with Gasteiger partial charge in [-0.3, -0.25) is 4.52 Å². The summed E-state index contributed by atoms with van der Waals surface area (Å²) in [6, 6.07) is 0. The average molecular weight is 186 g/mol. The fourth-order valence-corrected chi connectivity index (χ4v) is 0.759. The molecule has 0 radical (unpaired) electrons. The molecule has 1 saturated heterocycles. The van der Waals surface area contributed by atoms with Gasteiger partial charge in [-0.1, -0.05) is 0 Å². The van der Waals surface area contributed by atoms with Crippen molar-refractivity contribution in [1.82, 2.24) is 0 Å². The predicted octanol–water partition coefficient (Wildman–Crippen LogP) is -1.26. The van der Waals surface area contributed by atoms with Crippen molar-refractivity contribution in [1.29, 1.82) is 0 Å². The Morgan fingerprint density at radius 1 is 1.55 bits per heavy atom. The summed E-state index contributed by atoms with van der Waals surface area (Å²) in [6.07, 6.45) is -1.98. The first-order chi connectivity index (χ1) is 4.99. The molecule has 3 N–H and O–H groups in total. The van der Waals surface area contributed by atoms with Crippen LogP contribution in [0.15, 0.2) is 0 Å². The van der Waals surface area contributed by atoms with E-state index < -0.39 is 26.8 Å². The predicted molar refractivity (Wildman–Crippen MR) is 30.0 cm³/mol. The second kappa shape index (κ2) is 3.16. The third kappa shape index (κ3) is 3.78. The van der Waals surface area contributed by atoms with Crippen LogP contribution in [0.3, 0.4) is 0 Å². The topological polar surface area (TPSA) is 112 Å². The molecular formula is C3H7O7P. The summed E-state index contributed by atoms with van der Waals surface area (Å²) < 4.78 is 14.0. The summed E-state index contributed by atoms with van der Waals surface area (Å²) >= 11 is 0. The Morgan fingerprint density at radius 3 is 2.45 bits per heavy atom. The molecule has 1 fully saturated rings. The van der Waals surface area contributed by atoms with E-state index in [1.807, 2.05) is 0 Å². The average Bonchev–Trinajstić information content (AvgIpc) is 2.61. The maximum Gasteiger partial charge on any atom is 0.469 e. The first kappa shape index (κ1) is 9.08. The summed E-state index contributed by atoms with van der Waals surface area (Å²) in [5.74, 6) is 0. The van der Waals surface area contributed by atoms with Crippen LogP contribution in [0.25, 0.3) is 0 Å². The first-order valence-electron chi connectivity index (χ1n) is 2.69. The molecule has 0 aromatic heterocycles. The Morgan fingerprint density at radius 2 is 2.09 bits per heavy atom. The Hall–Kier alpha value is -0.0100. The zero-order valence-electron chi connectivity index (χ0n) is 5.28. The van der Waals surface area contributed by atoms with Gasteiger partial charge >= 0.3 is 7.82 Å². The molecule has 0 amide bonds. The van der Waals surface area contributed by atoms with Crippen LogP contribution in [0.4, 0.5) is 0 Å². The molecule has 1 atom stereocenters. The molecule has 66 valence electrons. The summed E-state index contributed by atoms with van der Waals surface area (Å²) in [5.41, 5.74) is 0. The molecule has 1 aliphatic rings. The summed E-state index contributed by atoms with van der Waals surface area (Å²) in [4.78, 5) is 24.6. The van der Waals surface area contributed by atoms with Crippen LogP contribution in [-0.2, 0) is 18.9 Å². The van der Waals surface area contributed by atoms with Crippen molar-refractivity contribution in [3.05, 3.63) is 0 Å². The molecule has 0 aromatic carbocycles. The lowest BCUT2D eigenvalue weighted by Crippen LogP contribution is -2.20. The van der Waals surface area contributed by atoms with Crippen LogP contribution in [0.2, 0.25) is 0 Å². The van der Waals surface area contributed by atoms with Gasteiger partial charge in [-0.15, -0.1) is 0 Å². The van der Waals surface area contributed by atoms with Gasteiger partial charge in [0.05, 0.1) is 6.61 Å². The van der Waals surface area contributed by atoms with Gasteiger partial charge < -0.3 is 14.9 Å². The molecule has 8 heteroatoms. The highest BCUT2D eigenvalue weighted by Crippen LogP contribution is 2.36. The zero-order valence-corrected chi connectivity index (χ0v) is 6.18. The van der Waals surface area contributed by atoms with Crippen LogP contribution in [0.1, 0.15) is 0 Å². The molecule has 0 saturated carbocycles. The number of aliphatic hydroxyl groups is 1. The maximum atomic E-state index is 10.1. The third-order valence-corrected chi connectivity index (χ3v) is 1.42. The highest BCUT2D eigenvalue weighted by molar-refractivity contribution is 7.46. The number of phosphoric ester groups is 1. The SMILES string of the molecule is O=P(O)(O)OC[C@H](O)C1OO1. The van der Waals surface area contributed by atoms with Gasteiger partial charge in [0, 0.05) is 0 Å². The van der Waals surface area contributed by atoms with E-state index in [4.69, 9.17) is 14.9 Å². The molecule has 0 bridgehead atoms. The Labute approximate surface area is 61.7 Å². The van der Waals surface area contributed by atoms with Crippen molar-refractivity contribution in [3.8, 4) is 0 Å².